The number of ether oxygens (including phenoxy) is 1. The van der Waals surface area contributed by atoms with E-state index in [0.717, 1.165) is 0 Å². The summed E-state index contributed by atoms with van der Waals surface area (Å²) >= 11 is 0. The molecule has 1 unspecified atom stereocenters. The molecule has 0 aliphatic carbocycles. The van der Waals surface area contributed by atoms with Gasteiger partial charge in [-0.15, -0.1) is 0 Å². The third-order valence-electron chi connectivity index (χ3n) is 1.23. The smallest absolute Gasteiger partial charge is 0.307 e. The minimum Gasteiger partial charge on any atom is -0.481 e. The number of carbonyl (C=O) groups is 2. The first-order chi connectivity index (χ1) is 7.90. The highest BCUT2D eigenvalue weighted by molar-refractivity contribution is 5.78. The van der Waals surface area contributed by atoms with Gasteiger partial charge in [0.25, 0.3) is 0 Å². The van der Waals surface area contributed by atoms with Gasteiger partial charge < -0.3 is 9.84 Å². The summed E-state index contributed by atoms with van der Waals surface area (Å²) in [6, 6.07) is 0. The molecular weight excluding hydrogens is 189 g/mol. The number of carboxylic acids is 1. The van der Waals surface area contributed by atoms with Crippen molar-refractivity contribution in [1.82, 2.24) is 0 Å². The van der Waals surface area contributed by atoms with E-state index in [1.165, 1.54) is 0 Å². The molecule has 0 aliphatic rings. The van der Waals surface area contributed by atoms with Crippen molar-refractivity contribution in [1.29, 1.82) is 0 Å². The van der Waals surface area contributed by atoms with E-state index in [1.54, 1.807) is 20.8 Å². The van der Waals surface area contributed by atoms with Crippen LogP contribution >= 0.6 is 0 Å². The van der Waals surface area contributed by atoms with Crippen LogP contribution in [0.4, 0.5) is 0 Å². The van der Waals surface area contributed by atoms with Crippen LogP contribution in [0.25, 0.3) is 0 Å². The molecule has 0 heterocycles. The van der Waals surface area contributed by atoms with Crippen molar-refractivity contribution in [2.45, 2.75) is 46.1 Å². The molecule has 0 bridgehead atoms. The van der Waals surface area contributed by atoms with E-state index in [1.807, 2.05) is 0 Å². The molecule has 0 fully saturated rings. The maximum absolute atomic E-state index is 11.5. The first kappa shape index (κ1) is 7.26. The van der Waals surface area contributed by atoms with Crippen LogP contribution in [0.3, 0.4) is 0 Å². The Labute approximate surface area is 89.9 Å². The normalized spacial score (nSPS) is 22.3. The van der Waals surface area contributed by atoms with E-state index < -0.39 is 43.1 Å². The lowest BCUT2D eigenvalue weighted by molar-refractivity contribution is -0.159. The van der Waals surface area contributed by atoms with Crippen molar-refractivity contribution in [3.05, 3.63) is 0 Å². The zero-order valence-corrected chi connectivity index (χ0v) is 8.53. The number of rotatable bonds is 4. The predicted octanol–water partition coefficient (Wildman–Crippen LogP) is 1.83. The van der Waals surface area contributed by atoms with E-state index in [-0.39, 0.29) is 0 Å². The second-order valence-corrected chi connectivity index (χ2v) is 3.76. The average Bonchev–Trinajstić information content (AvgIpc) is 2.12. The minimum absolute atomic E-state index is 0.824. The van der Waals surface area contributed by atoms with Gasteiger partial charge in [-0.2, -0.15) is 0 Å². The number of hydrogen-bond acceptors (Lipinski definition) is 3. The molecule has 4 nitrogen and oxygen atoms in total. The van der Waals surface area contributed by atoms with Crippen molar-refractivity contribution in [2.75, 3.05) is 0 Å². The summed E-state index contributed by atoms with van der Waals surface area (Å²) in [4.78, 5) is 22.5. The quantitative estimate of drug-likeness (QED) is 0.569. The first-order valence-electron chi connectivity index (χ1n) is 6.35. The van der Waals surface area contributed by atoms with Crippen LogP contribution in [-0.2, 0) is 14.3 Å². The van der Waals surface area contributed by atoms with Crippen molar-refractivity contribution >= 4 is 11.9 Å². The van der Waals surface area contributed by atoms with Crippen molar-refractivity contribution in [2.24, 2.45) is 5.89 Å². The fraction of sp³-hybridized carbons (Fsp3) is 0.800. The molecular formula is C10H18O4. The molecule has 4 heteroatoms. The number of hydrogen-bond donors (Lipinski definition) is 1. The lowest BCUT2D eigenvalue weighted by Crippen LogP contribution is -2.27. The molecule has 0 aliphatic heterocycles. The van der Waals surface area contributed by atoms with Gasteiger partial charge in [0.15, 0.2) is 0 Å². The second kappa shape index (κ2) is 4.98. The number of esters is 1. The molecule has 0 aromatic carbocycles. The number of aliphatic carboxylic acids is 1. The molecule has 0 saturated carbocycles. The fourth-order valence-corrected chi connectivity index (χ4v) is 0.739. The fourth-order valence-electron chi connectivity index (χ4n) is 0.739. The molecule has 0 amide bonds. The third kappa shape index (κ3) is 5.56. The molecule has 0 aromatic heterocycles. The van der Waals surface area contributed by atoms with Crippen LogP contribution in [0.1, 0.15) is 45.9 Å². The monoisotopic (exact) mass is 211 g/mol. The Morgan fingerprint density at radius 3 is 2.57 bits per heavy atom. The maximum Gasteiger partial charge on any atom is 0.307 e. The summed E-state index contributed by atoms with van der Waals surface area (Å²) in [5.74, 6) is -5.19. The van der Waals surface area contributed by atoms with E-state index in [0.29, 0.717) is 0 Å². The van der Waals surface area contributed by atoms with E-state index in [9.17, 15) is 9.59 Å². The Morgan fingerprint density at radius 2 is 2.21 bits per heavy atom. The van der Waals surface area contributed by atoms with Gasteiger partial charge in [-0.3, -0.25) is 9.59 Å². The van der Waals surface area contributed by atoms with Crippen LogP contribution in [0.5, 0.6) is 0 Å². The van der Waals surface area contributed by atoms with Crippen LogP contribution < -0.4 is 0 Å². The molecule has 14 heavy (non-hydrogen) atoms. The third-order valence-corrected chi connectivity index (χ3v) is 1.23. The summed E-state index contributed by atoms with van der Waals surface area (Å²) in [5, 5.41) is 8.92. The molecule has 0 aromatic rings. The highest BCUT2D eigenvalue weighted by Gasteiger charge is 2.23. The molecule has 82 valence electrons. The topological polar surface area (TPSA) is 63.6 Å². The predicted molar refractivity (Wildman–Crippen MR) is 51.9 cm³/mol. The van der Waals surface area contributed by atoms with Gasteiger partial charge in [0.05, 0.1) is 12.3 Å². The van der Waals surface area contributed by atoms with Gasteiger partial charge in [-0.1, -0.05) is 6.88 Å². The highest BCUT2D eigenvalue weighted by Crippen LogP contribution is 2.14. The maximum atomic E-state index is 11.5. The SMILES string of the molecule is [2H][13CH]([2H])[13CH]([2H])[13C@]([2H])([13CH2][13C](=O)OC(C)(C)C)C(=O)O. The molecule has 0 spiro atoms. The summed E-state index contributed by atoms with van der Waals surface area (Å²) in [5.41, 5.74) is -0.824. The molecule has 1 N–H and O–H groups in total. The van der Waals surface area contributed by atoms with Gasteiger partial charge in [-0.25, -0.2) is 0 Å². The Hall–Kier alpha value is -1.06. The average molecular weight is 211 g/mol. The Kier molecular flexibility index (Phi) is 2.58. The lowest BCUT2D eigenvalue weighted by Gasteiger charge is -2.20. The van der Waals surface area contributed by atoms with Crippen LogP contribution in [-0.4, -0.2) is 22.6 Å². The van der Waals surface area contributed by atoms with Gasteiger partial charge in [0.2, 0.25) is 0 Å². The van der Waals surface area contributed by atoms with Crippen LogP contribution in [0, 0.1) is 5.89 Å². The van der Waals surface area contributed by atoms with Crippen LogP contribution in [0.2, 0.25) is 0 Å². The zero-order chi connectivity index (χ0) is 14.7. The first-order valence-corrected chi connectivity index (χ1v) is 4.12. The largest absolute Gasteiger partial charge is 0.481 e. The second-order valence-electron chi connectivity index (χ2n) is 3.76. The summed E-state index contributed by atoms with van der Waals surface area (Å²) in [7, 11) is 0. The van der Waals surface area contributed by atoms with Crippen molar-refractivity contribution < 1.29 is 24.9 Å². The van der Waals surface area contributed by atoms with Crippen molar-refractivity contribution in [3.8, 4) is 0 Å². The van der Waals surface area contributed by atoms with Gasteiger partial charge in [0.1, 0.15) is 5.60 Å². The summed E-state index contributed by atoms with van der Waals surface area (Å²) < 4.78 is 33.9. The Bertz CT molecular complexity index is 326. The molecule has 0 radical (unpaired) electrons. The molecule has 0 rings (SSSR count). The molecule has 0 saturated heterocycles. The van der Waals surface area contributed by atoms with Gasteiger partial charge >= 0.3 is 11.9 Å². The standard InChI is InChI=1S/C10H18O4/c1-5-7(9(12)13)6-8(11)14-10(2,3)4/h7H,5-6H2,1-4H3,(H,12,13)/t7-/m1/s1/i1+1D2,5+1D,6+1,7+1D,8+1/t5?,7-. The summed E-state index contributed by atoms with van der Waals surface area (Å²) in [6.07, 6.45) is -2.72. The van der Waals surface area contributed by atoms with E-state index in [4.69, 9.17) is 15.3 Å². The Balaban J connectivity index is 4.95. The number of carbonyl (C=O) groups excluding carboxylic acids is 1. The van der Waals surface area contributed by atoms with E-state index >= 15 is 0 Å². The summed E-state index contributed by atoms with van der Waals surface area (Å²) in [6.45, 7) is 2.94. The highest BCUT2D eigenvalue weighted by atomic mass is 16.6. The zero-order valence-electron chi connectivity index (χ0n) is 12.5. The van der Waals surface area contributed by atoms with Gasteiger partial charge in [-0.05, 0) is 27.2 Å². The Morgan fingerprint density at radius 1 is 1.64 bits per heavy atom. The van der Waals surface area contributed by atoms with Gasteiger partial charge in [0, 0.05) is 5.48 Å². The minimum atomic E-state index is -2.55. The lowest BCUT2D eigenvalue weighted by atomic mass is 10.2. The number of carboxylic acid groups (broad SMARTS) is 1. The van der Waals surface area contributed by atoms with E-state index in [2.05, 4.69) is 0 Å². The molecule has 2 atom stereocenters. The van der Waals surface area contributed by atoms with Crippen molar-refractivity contribution in [3.63, 3.8) is 0 Å². The van der Waals surface area contributed by atoms with Crippen LogP contribution in [0.15, 0.2) is 0 Å².